The molecular weight excluding hydrogens is 244 g/mol. The molecule has 0 fully saturated rings. The van der Waals surface area contributed by atoms with Crippen molar-refractivity contribution in [3.8, 4) is 0 Å². The van der Waals surface area contributed by atoms with Crippen molar-refractivity contribution in [2.45, 2.75) is 32.7 Å². The topological polar surface area (TPSA) is 63.8 Å². The molecule has 2 aromatic rings. The molecule has 0 bridgehead atoms. The molecule has 5 heteroatoms. The average Bonchev–Trinajstić information content (AvgIpc) is 2.69. The summed E-state index contributed by atoms with van der Waals surface area (Å²) < 4.78 is 0. The predicted molar refractivity (Wildman–Crippen MR) is 74.3 cm³/mol. The van der Waals surface area contributed by atoms with Gasteiger partial charge in [0, 0.05) is 35.7 Å². The molecule has 96 valence electrons. The Morgan fingerprint density at radius 2 is 2.17 bits per heavy atom. The Morgan fingerprint density at radius 3 is 2.72 bits per heavy atom. The van der Waals surface area contributed by atoms with Crippen LogP contribution in [0.25, 0.3) is 0 Å². The summed E-state index contributed by atoms with van der Waals surface area (Å²) in [7, 11) is 0. The zero-order valence-electron chi connectivity index (χ0n) is 10.7. The number of hydrogen-bond donors (Lipinski definition) is 2. The van der Waals surface area contributed by atoms with Gasteiger partial charge in [-0.15, -0.1) is 11.3 Å². The maximum Gasteiger partial charge on any atom is 0.0947 e. The van der Waals surface area contributed by atoms with Gasteiger partial charge in [0.2, 0.25) is 0 Å². The molecule has 0 aliphatic carbocycles. The first-order valence-corrected chi connectivity index (χ1v) is 6.79. The molecular formula is C13H18N4S. The number of hydrogen-bond acceptors (Lipinski definition) is 5. The van der Waals surface area contributed by atoms with Gasteiger partial charge in [-0.1, -0.05) is 6.07 Å². The highest BCUT2D eigenvalue weighted by Crippen LogP contribution is 2.18. The Kier molecular flexibility index (Phi) is 4.41. The van der Waals surface area contributed by atoms with E-state index in [1.807, 2.05) is 25.1 Å². The lowest BCUT2D eigenvalue weighted by Crippen LogP contribution is -2.38. The molecule has 18 heavy (non-hydrogen) atoms. The van der Waals surface area contributed by atoms with Crippen LogP contribution in [0.5, 0.6) is 0 Å². The molecule has 3 N–H and O–H groups in total. The van der Waals surface area contributed by atoms with Gasteiger partial charge in [-0.05, 0) is 26.0 Å². The molecule has 0 radical (unpaired) electrons. The van der Waals surface area contributed by atoms with E-state index >= 15 is 0 Å². The van der Waals surface area contributed by atoms with Crippen LogP contribution in [0.3, 0.4) is 0 Å². The molecule has 2 heterocycles. The van der Waals surface area contributed by atoms with Crippen molar-refractivity contribution in [2.24, 2.45) is 5.84 Å². The minimum absolute atomic E-state index is 0.171. The molecule has 1 unspecified atom stereocenters. The SMILES string of the molecule is Cc1nc(CC(Cc2ccccn2)NN)sc1C. The molecule has 0 aromatic carbocycles. The highest BCUT2D eigenvalue weighted by molar-refractivity contribution is 7.11. The third kappa shape index (κ3) is 3.35. The summed E-state index contributed by atoms with van der Waals surface area (Å²) in [5.74, 6) is 5.61. The van der Waals surface area contributed by atoms with E-state index in [0.717, 1.165) is 29.2 Å². The van der Waals surface area contributed by atoms with Crippen LogP contribution in [-0.2, 0) is 12.8 Å². The van der Waals surface area contributed by atoms with Crippen molar-refractivity contribution >= 4 is 11.3 Å². The fourth-order valence-electron chi connectivity index (χ4n) is 1.80. The van der Waals surface area contributed by atoms with Gasteiger partial charge in [0.1, 0.15) is 0 Å². The number of aromatic nitrogens is 2. The molecule has 0 aliphatic rings. The highest BCUT2D eigenvalue weighted by Gasteiger charge is 2.13. The zero-order valence-corrected chi connectivity index (χ0v) is 11.5. The van der Waals surface area contributed by atoms with E-state index in [4.69, 9.17) is 5.84 Å². The Bertz CT molecular complexity index is 475. The summed E-state index contributed by atoms with van der Waals surface area (Å²) in [5, 5.41) is 1.13. The molecule has 2 aromatic heterocycles. The maximum atomic E-state index is 5.61. The first-order chi connectivity index (χ1) is 8.69. The third-order valence-electron chi connectivity index (χ3n) is 2.91. The number of hydrazine groups is 1. The van der Waals surface area contributed by atoms with Gasteiger partial charge < -0.3 is 0 Å². The fourth-order valence-corrected chi connectivity index (χ4v) is 2.81. The lowest BCUT2D eigenvalue weighted by Gasteiger charge is -2.13. The second-order valence-electron chi connectivity index (χ2n) is 4.34. The number of aryl methyl sites for hydroxylation is 2. The summed E-state index contributed by atoms with van der Waals surface area (Å²) in [6.07, 6.45) is 3.46. The van der Waals surface area contributed by atoms with Crippen molar-refractivity contribution in [3.05, 3.63) is 45.7 Å². The predicted octanol–water partition coefficient (Wildman–Crippen LogP) is 1.77. The summed E-state index contributed by atoms with van der Waals surface area (Å²) in [6, 6.07) is 6.10. The zero-order chi connectivity index (χ0) is 13.0. The fraction of sp³-hybridized carbons (Fsp3) is 0.385. The van der Waals surface area contributed by atoms with Gasteiger partial charge in [-0.25, -0.2) is 4.98 Å². The molecule has 0 spiro atoms. The van der Waals surface area contributed by atoms with Gasteiger partial charge in [-0.3, -0.25) is 16.3 Å². The lowest BCUT2D eigenvalue weighted by molar-refractivity contribution is 0.516. The molecule has 1 atom stereocenters. The Balaban J connectivity index is 2.01. The normalized spacial score (nSPS) is 12.6. The summed E-state index contributed by atoms with van der Waals surface area (Å²) >= 11 is 1.74. The van der Waals surface area contributed by atoms with E-state index in [2.05, 4.69) is 22.3 Å². The van der Waals surface area contributed by atoms with Crippen molar-refractivity contribution < 1.29 is 0 Å². The minimum atomic E-state index is 0.171. The summed E-state index contributed by atoms with van der Waals surface area (Å²) in [4.78, 5) is 10.1. The molecule has 0 amide bonds. The standard InChI is InChI=1S/C13H18N4S/c1-9-10(2)18-13(16-9)8-12(17-14)7-11-5-3-4-6-15-11/h3-6,12,17H,7-8,14H2,1-2H3. The van der Waals surface area contributed by atoms with Crippen LogP contribution in [0.4, 0.5) is 0 Å². The quantitative estimate of drug-likeness (QED) is 0.637. The van der Waals surface area contributed by atoms with Crippen molar-refractivity contribution in [3.63, 3.8) is 0 Å². The highest BCUT2D eigenvalue weighted by atomic mass is 32.1. The number of thiazole rings is 1. The van der Waals surface area contributed by atoms with Crippen LogP contribution >= 0.6 is 11.3 Å². The average molecular weight is 262 g/mol. The van der Waals surface area contributed by atoms with E-state index in [-0.39, 0.29) is 6.04 Å². The van der Waals surface area contributed by atoms with E-state index in [1.54, 1.807) is 17.5 Å². The van der Waals surface area contributed by atoms with Gasteiger partial charge in [0.05, 0.1) is 10.7 Å². The Morgan fingerprint density at radius 1 is 1.33 bits per heavy atom. The first kappa shape index (κ1) is 13.1. The monoisotopic (exact) mass is 262 g/mol. The maximum absolute atomic E-state index is 5.61. The van der Waals surface area contributed by atoms with Crippen LogP contribution in [-0.4, -0.2) is 16.0 Å². The van der Waals surface area contributed by atoms with E-state index in [1.165, 1.54) is 4.88 Å². The molecule has 0 saturated heterocycles. The van der Waals surface area contributed by atoms with Crippen LogP contribution < -0.4 is 11.3 Å². The minimum Gasteiger partial charge on any atom is -0.271 e. The largest absolute Gasteiger partial charge is 0.271 e. The van der Waals surface area contributed by atoms with Gasteiger partial charge >= 0.3 is 0 Å². The van der Waals surface area contributed by atoms with Gasteiger partial charge in [0.25, 0.3) is 0 Å². The number of nitrogens with zero attached hydrogens (tertiary/aromatic N) is 2. The number of nitrogens with one attached hydrogen (secondary N) is 1. The summed E-state index contributed by atoms with van der Waals surface area (Å²) in [5.41, 5.74) is 5.02. The van der Waals surface area contributed by atoms with Gasteiger partial charge in [0.15, 0.2) is 0 Å². The number of rotatable bonds is 5. The molecule has 0 aliphatic heterocycles. The van der Waals surface area contributed by atoms with E-state index in [0.29, 0.717) is 0 Å². The van der Waals surface area contributed by atoms with Crippen LogP contribution in [0.15, 0.2) is 24.4 Å². The Hall–Kier alpha value is -1.30. The molecule has 2 rings (SSSR count). The second kappa shape index (κ2) is 6.04. The van der Waals surface area contributed by atoms with Crippen LogP contribution in [0.1, 0.15) is 21.3 Å². The summed E-state index contributed by atoms with van der Waals surface area (Å²) in [6.45, 7) is 4.14. The first-order valence-electron chi connectivity index (χ1n) is 5.98. The second-order valence-corrected chi connectivity index (χ2v) is 5.63. The van der Waals surface area contributed by atoms with Crippen LogP contribution in [0.2, 0.25) is 0 Å². The van der Waals surface area contributed by atoms with Crippen molar-refractivity contribution in [1.82, 2.24) is 15.4 Å². The molecule has 0 saturated carbocycles. The number of pyridine rings is 1. The van der Waals surface area contributed by atoms with Gasteiger partial charge in [-0.2, -0.15) is 0 Å². The van der Waals surface area contributed by atoms with Crippen LogP contribution in [0, 0.1) is 13.8 Å². The number of nitrogens with two attached hydrogens (primary N) is 1. The lowest BCUT2D eigenvalue weighted by atomic mass is 10.1. The Labute approximate surface area is 111 Å². The smallest absolute Gasteiger partial charge is 0.0947 e. The van der Waals surface area contributed by atoms with E-state index < -0.39 is 0 Å². The van der Waals surface area contributed by atoms with Crippen molar-refractivity contribution in [1.29, 1.82) is 0 Å². The van der Waals surface area contributed by atoms with Crippen molar-refractivity contribution in [2.75, 3.05) is 0 Å². The molecule has 4 nitrogen and oxygen atoms in total. The van der Waals surface area contributed by atoms with E-state index in [9.17, 15) is 0 Å². The third-order valence-corrected chi connectivity index (χ3v) is 4.01.